The van der Waals surface area contributed by atoms with Crippen LogP contribution in [0, 0.1) is 11.3 Å². The van der Waals surface area contributed by atoms with Crippen molar-refractivity contribution in [3.8, 4) is 6.07 Å². The number of pyridine rings is 1. The minimum Gasteiger partial charge on any atom is -0.368 e. The van der Waals surface area contributed by atoms with Crippen LogP contribution in [0.4, 0.5) is 11.4 Å². The van der Waals surface area contributed by atoms with Crippen molar-refractivity contribution in [3.05, 3.63) is 65.4 Å². The van der Waals surface area contributed by atoms with Crippen LogP contribution in [0.15, 0.2) is 48.7 Å². The molecule has 4 heterocycles. The summed E-state index contributed by atoms with van der Waals surface area (Å²) in [5, 5.41) is 14.1. The molecular weight excluding hydrogens is 396 g/mol. The van der Waals surface area contributed by atoms with Crippen molar-refractivity contribution >= 4 is 22.3 Å². The number of nitrogens with zero attached hydrogens (tertiary/aromatic N) is 5. The fraction of sp³-hybridized carbons (Fsp3) is 0.385. The summed E-state index contributed by atoms with van der Waals surface area (Å²) in [6.45, 7) is 9.53. The van der Waals surface area contributed by atoms with E-state index in [1.165, 1.54) is 22.5 Å². The van der Waals surface area contributed by atoms with E-state index >= 15 is 0 Å². The Morgan fingerprint density at radius 2 is 1.88 bits per heavy atom. The molecule has 32 heavy (non-hydrogen) atoms. The van der Waals surface area contributed by atoms with E-state index in [1.54, 1.807) is 6.20 Å². The maximum absolute atomic E-state index is 9.52. The van der Waals surface area contributed by atoms with Crippen molar-refractivity contribution in [1.82, 2.24) is 15.2 Å². The highest BCUT2D eigenvalue weighted by atomic mass is 15.4. The van der Waals surface area contributed by atoms with Gasteiger partial charge in [-0.2, -0.15) is 5.26 Å². The standard InChI is InChI=1S/C26H28N6/c1-18-15-31(25-8-7-19(12-27)26-22(25)5-3-9-29-26)17-21-16-30(10-11-32(18)21)24-6-2-4-20-13-28-14-23(20)24/h2-9,18,21,28H,10-11,13-17H2,1H3/t18-,21+/m1/s1. The van der Waals surface area contributed by atoms with Gasteiger partial charge in [0.1, 0.15) is 6.07 Å². The van der Waals surface area contributed by atoms with Gasteiger partial charge in [-0.05, 0) is 48.4 Å². The van der Waals surface area contributed by atoms with Gasteiger partial charge in [0.05, 0.1) is 11.1 Å². The molecule has 3 aliphatic rings. The first-order valence-electron chi connectivity index (χ1n) is 11.6. The van der Waals surface area contributed by atoms with Crippen LogP contribution in [0.1, 0.15) is 23.6 Å². The monoisotopic (exact) mass is 424 g/mol. The molecule has 2 aromatic carbocycles. The van der Waals surface area contributed by atoms with Gasteiger partial charge in [0.25, 0.3) is 0 Å². The number of piperazine rings is 2. The number of nitriles is 1. The molecule has 0 radical (unpaired) electrons. The van der Waals surface area contributed by atoms with Gasteiger partial charge in [0.15, 0.2) is 0 Å². The van der Waals surface area contributed by atoms with Crippen LogP contribution in [0.25, 0.3) is 10.9 Å². The molecule has 162 valence electrons. The Morgan fingerprint density at radius 1 is 0.969 bits per heavy atom. The second-order valence-corrected chi connectivity index (χ2v) is 9.25. The highest BCUT2D eigenvalue weighted by molar-refractivity contribution is 5.95. The van der Waals surface area contributed by atoms with Crippen molar-refractivity contribution in [1.29, 1.82) is 5.26 Å². The Kier molecular flexibility index (Phi) is 4.74. The van der Waals surface area contributed by atoms with E-state index in [0.29, 0.717) is 17.6 Å². The lowest BCUT2D eigenvalue weighted by Gasteiger charge is -2.52. The smallest absolute Gasteiger partial charge is 0.101 e. The summed E-state index contributed by atoms with van der Waals surface area (Å²) in [5.41, 5.74) is 6.98. The first kappa shape index (κ1) is 19.5. The topological polar surface area (TPSA) is 58.4 Å². The Bertz CT molecular complexity index is 1210. The van der Waals surface area contributed by atoms with Crippen LogP contribution >= 0.6 is 0 Å². The molecule has 3 aliphatic heterocycles. The van der Waals surface area contributed by atoms with Crippen LogP contribution in [0.2, 0.25) is 0 Å². The van der Waals surface area contributed by atoms with Crippen LogP contribution in [0.3, 0.4) is 0 Å². The number of fused-ring (bicyclic) bond motifs is 3. The second kappa shape index (κ2) is 7.77. The lowest BCUT2D eigenvalue weighted by molar-refractivity contribution is 0.108. The molecule has 2 fully saturated rings. The molecule has 1 aromatic heterocycles. The maximum atomic E-state index is 9.52. The molecule has 0 saturated carbocycles. The average molecular weight is 425 g/mol. The summed E-state index contributed by atoms with van der Waals surface area (Å²) in [7, 11) is 0. The number of rotatable bonds is 2. The van der Waals surface area contributed by atoms with Crippen LogP contribution < -0.4 is 15.1 Å². The maximum Gasteiger partial charge on any atom is 0.101 e. The van der Waals surface area contributed by atoms with Crippen molar-refractivity contribution in [2.45, 2.75) is 32.1 Å². The number of hydrogen-bond acceptors (Lipinski definition) is 6. The third-order valence-corrected chi connectivity index (χ3v) is 7.42. The first-order chi connectivity index (χ1) is 15.7. The van der Waals surface area contributed by atoms with Crippen molar-refractivity contribution in [2.24, 2.45) is 0 Å². The second-order valence-electron chi connectivity index (χ2n) is 9.25. The lowest BCUT2D eigenvalue weighted by Crippen LogP contribution is -2.65. The van der Waals surface area contributed by atoms with E-state index in [9.17, 15) is 5.26 Å². The zero-order valence-corrected chi connectivity index (χ0v) is 18.5. The zero-order chi connectivity index (χ0) is 21.7. The molecule has 2 saturated heterocycles. The van der Waals surface area contributed by atoms with Gasteiger partial charge in [0.2, 0.25) is 0 Å². The molecule has 6 rings (SSSR count). The normalized spacial score (nSPS) is 23.1. The van der Waals surface area contributed by atoms with Crippen LogP contribution in [-0.2, 0) is 13.1 Å². The summed E-state index contributed by atoms with van der Waals surface area (Å²) < 4.78 is 0. The number of nitrogens with one attached hydrogen (secondary N) is 1. The Hall–Kier alpha value is -3.14. The first-order valence-corrected chi connectivity index (χ1v) is 11.6. The molecule has 1 N–H and O–H groups in total. The summed E-state index contributed by atoms with van der Waals surface area (Å²) in [6.07, 6.45) is 1.78. The molecule has 0 aliphatic carbocycles. The van der Waals surface area contributed by atoms with Gasteiger partial charge >= 0.3 is 0 Å². The number of benzene rings is 2. The predicted octanol–water partition coefficient (Wildman–Crippen LogP) is 3.11. The van der Waals surface area contributed by atoms with Crippen LogP contribution in [-0.4, -0.2) is 54.7 Å². The summed E-state index contributed by atoms with van der Waals surface area (Å²) >= 11 is 0. The van der Waals surface area contributed by atoms with E-state index in [4.69, 9.17) is 0 Å². The third-order valence-electron chi connectivity index (χ3n) is 7.42. The van der Waals surface area contributed by atoms with E-state index in [-0.39, 0.29) is 0 Å². The Labute approximate surface area is 189 Å². The summed E-state index contributed by atoms with van der Waals surface area (Å²) in [5.74, 6) is 0. The quantitative estimate of drug-likeness (QED) is 0.682. The predicted molar refractivity (Wildman–Crippen MR) is 128 cm³/mol. The average Bonchev–Trinajstić information content (AvgIpc) is 3.32. The van der Waals surface area contributed by atoms with E-state index < -0.39 is 0 Å². The molecule has 2 atom stereocenters. The zero-order valence-electron chi connectivity index (χ0n) is 18.5. The molecule has 6 heteroatoms. The van der Waals surface area contributed by atoms with E-state index in [0.717, 1.165) is 56.7 Å². The van der Waals surface area contributed by atoms with Gasteiger partial charge in [-0.3, -0.25) is 9.88 Å². The molecular formula is C26H28N6. The van der Waals surface area contributed by atoms with Gasteiger partial charge in [-0.1, -0.05) is 12.1 Å². The van der Waals surface area contributed by atoms with Gasteiger partial charge in [0, 0.05) is 80.9 Å². The molecule has 6 nitrogen and oxygen atoms in total. The molecule has 3 aromatic rings. The molecule has 0 bridgehead atoms. The highest BCUT2D eigenvalue weighted by Crippen LogP contribution is 2.34. The number of aromatic nitrogens is 1. The Morgan fingerprint density at radius 3 is 2.78 bits per heavy atom. The van der Waals surface area contributed by atoms with Gasteiger partial charge in [-0.15, -0.1) is 0 Å². The van der Waals surface area contributed by atoms with Gasteiger partial charge < -0.3 is 15.1 Å². The third kappa shape index (κ3) is 3.12. The SMILES string of the molecule is C[C@@H]1CN(c2ccc(C#N)c3ncccc23)C[C@@H]2CN(c3cccc4c3CNC4)CCN21. The van der Waals surface area contributed by atoms with Crippen molar-refractivity contribution in [2.75, 3.05) is 42.5 Å². The molecule has 0 amide bonds. The molecule has 0 unspecified atom stereocenters. The van der Waals surface area contributed by atoms with E-state index in [2.05, 4.69) is 68.3 Å². The largest absolute Gasteiger partial charge is 0.368 e. The molecule has 0 spiro atoms. The van der Waals surface area contributed by atoms with E-state index in [1.807, 2.05) is 12.1 Å². The fourth-order valence-electron chi connectivity index (χ4n) is 5.91. The number of anilines is 2. The highest BCUT2D eigenvalue weighted by Gasteiger charge is 2.37. The lowest BCUT2D eigenvalue weighted by atomic mass is 9.99. The summed E-state index contributed by atoms with van der Waals surface area (Å²) in [4.78, 5) is 12.3. The Balaban J connectivity index is 1.31. The minimum atomic E-state index is 0.472. The summed E-state index contributed by atoms with van der Waals surface area (Å²) in [6, 6.07) is 18.1. The van der Waals surface area contributed by atoms with Gasteiger partial charge in [-0.25, -0.2) is 0 Å². The number of hydrogen-bond donors (Lipinski definition) is 1. The van der Waals surface area contributed by atoms with Crippen LogP contribution in [0.5, 0.6) is 0 Å². The van der Waals surface area contributed by atoms with Crippen molar-refractivity contribution in [3.63, 3.8) is 0 Å². The van der Waals surface area contributed by atoms with Crippen molar-refractivity contribution < 1.29 is 0 Å². The fourth-order valence-corrected chi connectivity index (χ4v) is 5.91. The minimum absolute atomic E-state index is 0.472.